The van der Waals surface area contributed by atoms with Crippen molar-refractivity contribution in [3.05, 3.63) is 197 Å². The highest BCUT2D eigenvalue weighted by Gasteiger charge is 2.49. The van der Waals surface area contributed by atoms with Crippen molar-refractivity contribution < 1.29 is 0 Å². The fraction of sp³-hybridized carbons (Fsp3) is 0.302. The molecule has 0 spiro atoms. The molecule has 8 aliphatic rings. The molecule has 296 valence electrons. The summed E-state index contributed by atoms with van der Waals surface area (Å²) in [7, 11) is 2.30. The number of hydrogen-bond acceptors (Lipinski definition) is 6. The van der Waals surface area contributed by atoms with Gasteiger partial charge in [0.15, 0.2) is 0 Å². The second-order valence-corrected chi connectivity index (χ2v) is 18.7. The standard InChI is InChI=1S/C53H53N5S/c1-34-30-42(47-41-28-29-45-48(50(41)59-46(47)31-34)40-26-16-17-27-44(40)58(45)39-24-14-7-15-25-39)49-43(32-38(33-57(49)2)35-18-10-5-11-19-35)53-55-51(36-20-8-3-4-9-21-36)54-52(56-53)37-22-12-6-13-23-37/h3-14,16-23,27-30,32-34,36,39-40,46-47,49,51,53,55H,15,24-26,31H2,1-2H3,(H,54,56). The van der Waals surface area contributed by atoms with E-state index in [1.165, 1.54) is 58.5 Å². The number of aliphatic imine (C=N–C) groups is 1. The Kier molecular flexibility index (Phi) is 9.58. The molecule has 0 bridgehead atoms. The topological polar surface area (TPSA) is 42.9 Å². The van der Waals surface area contributed by atoms with E-state index in [0.29, 0.717) is 29.0 Å². The van der Waals surface area contributed by atoms with Crippen LogP contribution in [0.2, 0.25) is 0 Å². The van der Waals surface area contributed by atoms with E-state index >= 15 is 0 Å². The van der Waals surface area contributed by atoms with E-state index in [9.17, 15) is 0 Å². The minimum atomic E-state index is -0.251. The first-order valence-corrected chi connectivity index (χ1v) is 22.7. The van der Waals surface area contributed by atoms with Gasteiger partial charge in [-0.05, 0) is 89.7 Å². The van der Waals surface area contributed by atoms with Crippen molar-refractivity contribution >= 4 is 28.9 Å². The molecule has 2 N–H and O–H groups in total. The molecular weight excluding hydrogens is 739 g/mol. The third-order valence-electron chi connectivity index (χ3n) is 13.7. The number of nitrogens with zero attached hydrogens (tertiary/aromatic N) is 3. The van der Waals surface area contributed by atoms with Crippen molar-refractivity contribution in [3.63, 3.8) is 0 Å². The molecule has 59 heavy (non-hydrogen) atoms. The molecule has 4 heterocycles. The van der Waals surface area contributed by atoms with Gasteiger partial charge in [-0.2, -0.15) is 0 Å². The van der Waals surface area contributed by atoms with E-state index in [4.69, 9.17) is 4.99 Å². The predicted molar refractivity (Wildman–Crippen MR) is 246 cm³/mol. The Bertz CT molecular complexity index is 2430. The quantitative estimate of drug-likeness (QED) is 0.244. The molecule has 4 aliphatic heterocycles. The van der Waals surface area contributed by atoms with E-state index in [1.54, 1.807) is 10.5 Å². The van der Waals surface area contributed by atoms with Crippen LogP contribution in [0, 0.1) is 11.8 Å². The fourth-order valence-electron chi connectivity index (χ4n) is 11.1. The van der Waals surface area contributed by atoms with Gasteiger partial charge >= 0.3 is 0 Å². The number of benzene rings is 3. The normalized spacial score (nSPS) is 30.6. The van der Waals surface area contributed by atoms with Gasteiger partial charge in [0.25, 0.3) is 0 Å². The molecule has 0 fully saturated rings. The lowest BCUT2D eigenvalue weighted by molar-refractivity contribution is 0.324. The highest BCUT2D eigenvalue weighted by molar-refractivity contribution is 8.00. The smallest absolute Gasteiger partial charge is 0.131 e. The Morgan fingerprint density at radius 1 is 0.814 bits per heavy atom. The van der Waals surface area contributed by atoms with E-state index in [2.05, 4.69) is 204 Å². The molecule has 0 aromatic heterocycles. The van der Waals surface area contributed by atoms with Gasteiger partial charge in [-0.1, -0.05) is 140 Å². The Morgan fingerprint density at radius 2 is 1.61 bits per heavy atom. The molecule has 3 aromatic rings. The van der Waals surface area contributed by atoms with Crippen LogP contribution in [0.4, 0.5) is 5.69 Å². The molecule has 11 rings (SSSR count). The maximum absolute atomic E-state index is 5.60. The zero-order valence-corrected chi connectivity index (χ0v) is 34.8. The van der Waals surface area contributed by atoms with Crippen LogP contribution in [0.1, 0.15) is 73.1 Å². The summed E-state index contributed by atoms with van der Waals surface area (Å²) in [5.74, 6) is 2.30. The van der Waals surface area contributed by atoms with E-state index in [-0.39, 0.29) is 24.3 Å². The van der Waals surface area contributed by atoms with Crippen molar-refractivity contribution in [1.82, 2.24) is 15.5 Å². The molecule has 8 unspecified atom stereocenters. The molecule has 6 heteroatoms. The zero-order valence-electron chi connectivity index (χ0n) is 34.0. The number of nitrogens with one attached hydrogen (secondary N) is 2. The number of allylic oxidation sites excluding steroid dienone is 12. The van der Waals surface area contributed by atoms with Crippen LogP contribution < -0.4 is 15.5 Å². The van der Waals surface area contributed by atoms with Crippen molar-refractivity contribution in [2.24, 2.45) is 16.8 Å². The Morgan fingerprint density at radius 3 is 2.39 bits per heavy atom. The van der Waals surface area contributed by atoms with E-state index in [0.717, 1.165) is 24.2 Å². The first-order valence-electron chi connectivity index (χ1n) is 21.8. The van der Waals surface area contributed by atoms with Crippen LogP contribution in [0.5, 0.6) is 0 Å². The van der Waals surface area contributed by atoms with Gasteiger partial charge in [-0.15, -0.1) is 11.8 Å². The van der Waals surface area contributed by atoms with Crippen LogP contribution in [-0.2, 0) is 0 Å². The van der Waals surface area contributed by atoms with Gasteiger partial charge in [0.05, 0.1) is 12.2 Å². The summed E-state index contributed by atoms with van der Waals surface area (Å²) in [6.45, 7) is 2.44. The van der Waals surface area contributed by atoms with Crippen LogP contribution in [0.15, 0.2) is 185 Å². The monoisotopic (exact) mass is 791 g/mol. The molecule has 0 saturated carbocycles. The van der Waals surface area contributed by atoms with Crippen LogP contribution in [0.25, 0.3) is 5.57 Å². The average molecular weight is 792 g/mol. The lowest BCUT2D eigenvalue weighted by Crippen LogP contribution is -2.59. The molecule has 0 radical (unpaired) electrons. The summed E-state index contributed by atoms with van der Waals surface area (Å²) in [5.41, 5.74) is 12.5. The van der Waals surface area contributed by atoms with Gasteiger partial charge in [0.2, 0.25) is 0 Å². The Balaban J connectivity index is 1.03. The summed E-state index contributed by atoms with van der Waals surface area (Å²) in [4.78, 5) is 12.4. The largest absolute Gasteiger partial charge is 0.369 e. The molecule has 4 aliphatic carbocycles. The van der Waals surface area contributed by atoms with Crippen molar-refractivity contribution in [3.8, 4) is 0 Å². The summed E-state index contributed by atoms with van der Waals surface area (Å²) in [6.07, 6.45) is 38.0. The summed E-state index contributed by atoms with van der Waals surface area (Å²) in [6, 6.07) is 27.1. The maximum Gasteiger partial charge on any atom is 0.131 e. The highest BCUT2D eigenvalue weighted by atomic mass is 32.2. The van der Waals surface area contributed by atoms with Crippen molar-refractivity contribution in [2.75, 3.05) is 11.9 Å². The Labute approximate surface area is 354 Å². The number of hydrogen-bond donors (Lipinski definition) is 2. The van der Waals surface area contributed by atoms with Gasteiger partial charge in [-0.3, -0.25) is 5.32 Å². The summed E-state index contributed by atoms with van der Waals surface area (Å²) < 4.78 is 0. The van der Waals surface area contributed by atoms with Gasteiger partial charge in [0, 0.05) is 64.1 Å². The van der Waals surface area contributed by atoms with Crippen LogP contribution in [0.3, 0.4) is 0 Å². The maximum atomic E-state index is 5.60. The van der Waals surface area contributed by atoms with Crippen molar-refractivity contribution in [2.45, 2.75) is 85.4 Å². The molecule has 3 aromatic carbocycles. The molecule has 0 amide bonds. The lowest BCUT2D eigenvalue weighted by Gasteiger charge is -2.44. The third-order valence-corrected chi connectivity index (χ3v) is 15.1. The van der Waals surface area contributed by atoms with Gasteiger partial charge in [0.1, 0.15) is 12.0 Å². The minimum Gasteiger partial charge on any atom is -0.369 e. The summed E-state index contributed by atoms with van der Waals surface area (Å²) >= 11 is 2.20. The number of thioether (sulfide) groups is 1. The molecule has 5 nitrogen and oxygen atoms in total. The van der Waals surface area contributed by atoms with Crippen molar-refractivity contribution in [1.29, 1.82) is 0 Å². The highest BCUT2D eigenvalue weighted by Crippen LogP contribution is 2.62. The molecule has 0 saturated heterocycles. The molecule has 8 atom stereocenters. The van der Waals surface area contributed by atoms with Crippen LogP contribution >= 0.6 is 11.8 Å². The first-order chi connectivity index (χ1) is 29.1. The van der Waals surface area contributed by atoms with Crippen LogP contribution in [-0.4, -0.2) is 47.4 Å². The second-order valence-electron chi connectivity index (χ2n) is 17.5. The predicted octanol–water partition coefficient (Wildman–Crippen LogP) is 10.9. The summed E-state index contributed by atoms with van der Waals surface area (Å²) in [5, 5.41) is 8.39. The minimum absolute atomic E-state index is 0.0371. The number of fused-ring (bicyclic) bond motifs is 7. The number of likely N-dealkylation sites (N-methyl/N-ethyl adjacent to an activating group) is 1. The van der Waals surface area contributed by atoms with Gasteiger partial charge in [-0.25, -0.2) is 4.99 Å². The number of anilines is 1. The third kappa shape index (κ3) is 6.56. The van der Waals surface area contributed by atoms with E-state index in [1.807, 2.05) is 0 Å². The van der Waals surface area contributed by atoms with Gasteiger partial charge < -0.3 is 15.1 Å². The van der Waals surface area contributed by atoms with E-state index < -0.39 is 0 Å². The fourth-order valence-corrected chi connectivity index (χ4v) is 13.0. The SMILES string of the molecule is CC1C=C(C2C(C3N=C(c4ccccc4)NC(C4C=CC=CC=C4)N3)=CC(c3ccccc3)=CN2C)C2c3ccc4c(c3SC2C1)C1CC=CC=C1N4C1CC=CCC1. The Hall–Kier alpha value is -5.30. The number of rotatable bonds is 6. The molecular formula is C53H53N5S. The average Bonchev–Trinajstić information content (AvgIpc) is 3.68. The zero-order chi connectivity index (χ0) is 39.5. The number of amidine groups is 1. The second kappa shape index (κ2) is 15.4. The lowest BCUT2D eigenvalue weighted by atomic mass is 9.72. The first kappa shape index (κ1) is 36.8.